The van der Waals surface area contributed by atoms with Gasteiger partial charge in [0.1, 0.15) is 0 Å². The molecule has 0 spiro atoms. The van der Waals surface area contributed by atoms with E-state index in [1.54, 1.807) is 54.6 Å². The number of nitrogens with zero attached hydrogens (tertiary/aromatic N) is 1. The maximum atomic E-state index is 12.7. The van der Waals surface area contributed by atoms with Crippen LogP contribution in [0.2, 0.25) is 10.0 Å². The number of nitrogens with one attached hydrogen (secondary N) is 2. The molecule has 4 aromatic carbocycles. The molecule has 0 bridgehead atoms. The molecule has 2 amide bonds. The van der Waals surface area contributed by atoms with E-state index < -0.39 is 17.8 Å². The van der Waals surface area contributed by atoms with Crippen LogP contribution < -0.4 is 20.2 Å². The summed E-state index contributed by atoms with van der Waals surface area (Å²) < 4.78 is 11.2. The van der Waals surface area contributed by atoms with Crippen LogP contribution >= 0.6 is 23.2 Å². The number of amides is 2. The fraction of sp³-hybridized carbons (Fsp3) is 0.0968. The lowest BCUT2D eigenvalue weighted by atomic mass is 10.1. The van der Waals surface area contributed by atoms with Crippen LogP contribution in [-0.2, 0) is 0 Å². The minimum absolute atomic E-state index is 0.211. The van der Waals surface area contributed by atoms with Crippen molar-refractivity contribution in [1.29, 1.82) is 0 Å². The van der Waals surface area contributed by atoms with E-state index in [1.807, 2.05) is 26.0 Å². The molecule has 8 nitrogen and oxygen atoms in total. The van der Waals surface area contributed by atoms with Crippen LogP contribution in [0, 0.1) is 6.92 Å². The number of hydrazone groups is 1. The Morgan fingerprint density at radius 2 is 1.63 bits per heavy atom. The lowest BCUT2D eigenvalue weighted by Crippen LogP contribution is -2.18. The first-order valence-corrected chi connectivity index (χ1v) is 13.2. The first-order valence-electron chi connectivity index (χ1n) is 12.5. The van der Waals surface area contributed by atoms with E-state index in [4.69, 9.17) is 32.7 Å². The van der Waals surface area contributed by atoms with Gasteiger partial charge in [-0.1, -0.05) is 47.0 Å². The quantitative estimate of drug-likeness (QED) is 0.0952. The third-order valence-electron chi connectivity index (χ3n) is 5.70. The molecular formula is C31H25Cl2N3O5. The average molecular weight is 590 g/mol. The van der Waals surface area contributed by atoms with Gasteiger partial charge in [0.25, 0.3) is 11.8 Å². The summed E-state index contributed by atoms with van der Waals surface area (Å²) in [6, 6.07) is 22.9. The molecule has 0 aliphatic rings. The second-order valence-corrected chi connectivity index (χ2v) is 9.60. The zero-order valence-corrected chi connectivity index (χ0v) is 23.6. The maximum absolute atomic E-state index is 12.7. The Balaban J connectivity index is 1.40. The third-order valence-corrected chi connectivity index (χ3v) is 6.24. The minimum Gasteiger partial charge on any atom is -0.490 e. The molecule has 0 saturated heterocycles. The summed E-state index contributed by atoms with van der Waals surface area (Å²) in [5, 5.41) is 7.35. The molecule has 4 rings (SSSR count). The van der Waals surface area contributed by atoms with E-state index in [0.29, 0.717) is 34.2 Å². The number of anilines is 1. The number of esters is 1. The Kier molecular flexibility index (Phi) is 9.73. The lowest BCUT2D eigenvalue weighted by Gasteiger charge is -2.11. The number of carbonyl (C=O) groups is 3. The van der Waals surface area contributed by atoms with Crippen molar-refractivity contribution < 1.29 is 23.9 Å². The summed E-state index contributed by atoms with van der Waals surface area (Å²) in [6.07, 6.45) is 1.43. The molecular weight excluding hydrogens is 565 g/mol. The van der Waals surface area contributed by atoms with Gasteiger partial charge in [-0.3, -0.25) is 9.59 Å². The molecule has 0 heterocycles. The number of rotatable bonds is 9. The third kappa shape index (κ3) is 7.94. The van der Waals surface area contributed by atoms with E-state index in [1.165, 1.54) is 24.4 Å². The zero-order valence-electron chi connectivity index (χ0n) is 22.1. The summed E-state index contributed by atoms with van der Waals surface area (Å²) in [4.78, 5) is 37.8. The number of hydrogen-bond donors (Lipinski definition) is 2. The van der Waals surface area contributed by atoms with Gasteiger partial charge in [-0.25, -0.2) is 10.2 Å². The van der Waals surface area contributed by atoms with Crippen molar-refractivity contribution in [2.75, 3.05) is 11.9 Å². The molecule has 0 atom stereocenters. The predicted octanol–water partition coefficient (Wildman–Crippen LogP) is 6.94. The van der Waals surface area contributed by atoms with Gasteiger partial charge >= 0.3 is 5.97 Å². The van der Waals surface area contributed by atoms with E-state index >= 15 is 0 Å². The lowest BCUT2D eigenvalue weighted by molar-refractivity contribution is 0.0728. The van der Waals surface area contributed by atoms with Gasteiger partial charge in [0, 0.05) is 16.3 Å². The Bertz CT molecular complexity index is 1620. The van der Waals surface area contributed by atoms with E-state index in [2.05, 4.69) is 15.8 Å². The van der Waals surface area contributed by atoms with E-state index in [9.17, 15) is 14.4 Å². The number of carbonyl (C=O) groups excluding carboxylic acids is 3. The molecule has 10 heteroatoms. The van der Waals surface area contributed by atoms with Crippen molar-refractivity contribution in [3.8, 4) is 11.5 Å². The van der Waals surface area contributed by atoms with Gasteiger partial charge in [0.2, 0.25) is 0 Å². The molecule has 0 aromatic heterocycles. The second-order valence-electron chi connectivity index (χ2n) is 8.75. The Morgan fingerprint density at radius 3 is 2.37 bits per heavy atom. The van der Waals surface area contributed by atoms with Gasteiger partial charge in [0.05, 0.1) is 29.0 Å². The largest absolute Gasteiger partial charge is 0.490 e. The SMILES string of the molecule is CCOc1cc(C=NNC(=O)c2cccc(NC(=O)c3ccc(Cl)cc3Cl)c2)ccc1OC(=O)c1ccc(C)cc1. The van der Waals surface area contributed by atoms with Crippen LogP contribution in [0.1, 0.15) is 49.1 Å². The van der Waals surface area contributed by atoms with Crippen LogP contribution in [-0.4, -0.2) is 30.6 Å². The molecule has 0 radical (unpaired) electrons. The first kappa shape index (κ1) is 29.3. The second kappa shape index (κ2) is 13.6. The first-order chi connectivity index (χ1) is 19.7. The number of hydrogen-bond acceptors (Lipinski definition) is 6. The van der Waals surface area contributed by atoms with Crippen LogP contribution in [0.15, 0.2) is 90.0 Å². The van der Waals surface area contributed by atoms with Gasteiger partial charge in [-0.2, -0.15) is 5.10 Å². The molecule has 4 aromatic rings. The monoisotopic (exact) mass is 589 g/mol. The van der Waals surface area contributed by atoms with Crippen molar-refractivity contribution in [2.24, 2.45) is 5.10 Å². The Labute approximate surface area is 246 Å². The fourth-order valence-corrected chi connectivity index (χ4v) is 4.14. The summed E-state index contributed by atoms with van der Waals surface area (Å²) in [5.41, 5.74) is 5.43. The molecule has 208 valence electrons. The van der Waals surface area contributed by atoms with E-state index in [-0.39, 0.29) is 21.9 Å². The smallest absolute Gasteiger partial charge is 0.343 e. The molecule has 0 aliphatic carbocycles. The predicted molar refractivity (Wildman–Crippen MR) is 160 cm³/mol. The highest BCUT2D eigenvalue weighted by molar-refractivity contribution is 6.37. The van der Waals surface area contributed by atoms with Crippen molar-refractivity contribution >= 4 is 52.9 Å². The minimum atomic E-state index is -0.505. The van der Waals surface area contributed by atoms with Crippen molar-refractivity contribution in [2.45, 2.75) is 13.8 Å². The van der Waals surface area contributed by atoms with Gasteiger partial charge in [-0.15, -0.1) is 0 Å². The molecule has 0 unspecified atom stereocenters. The summed E-state index contributed by atoms with van der Waals surface area (Å²) in [7, 11) is 0. The molecule has 0 fully saturated rings. The van der Waals surface area contributed by atoms with Gasteiger partial charge in [0.15, 0.2) is 11.5 Å². The average Bonchev–Trinajstić information content (AvgIpc) is 2.95. The van der Waals surface area contributed by atoms with Crippen molar-refractivity contribution in [3.05, 3.63) is 123 Å². The number of benzene rings is 4. The maximum Gasteiger partial charge on any atom is 0.343 e. The molecule has 41 heavy (non-hydrogen) atoms. The van der Waals surface area contributed by atoms with Crippen LogP contribution in [0.3, 0.4) is 0 Å². The Morgan fingerprint density at radius 1 is 0.854 bits per heavy atom. The Hall–Kier alpha value is -4.66. The summed E-state index contributed by atoms with van der Waals surface area (Å²) in [5.74, 6) is -0.824. The van der Waals surface area contributed by atoms with Crippen molar-refractivity contribution in [1.82, 2.24) is 5.43 Å². The highest BCUT2D eigenvalue weighted by Gasteiger charge is 2.14. The topological polar surface area (TPSA) is 106 Å². The highest BCUT2D eigenvalue weighted by Crippen LogP contribution is 2.29. The molecule has 2 N–H and O–H groups in total. The molecule has 0 saturated carbocycles. The van der Waals surface area contributed by atoms with Crippen LogP contribution in [0.25, 0.3) is 0 Å². The fourth-order valence-electron chi connectivity index (χ4n) is 3.65. The molecule has 0 aliphatic heterocycles. The summed E-state index contributed by atoms with van der Waals surface area (Å²) in [6.45, 7) is 4.10. The van der Waals surface area contributed by atoms with Gasteiger partial charge in [-0.05, 0) is 86.1 Å². The summed E-state index contributed by atoms with van der Waals surface area (Å²) >= 11 is 12.0. The zero-order chi connectivity index (χ0) is 29.4. The number of halogens is 2. The normalized spacial score (nSPS) is 10.7. The highest BCUT2D eigenvalue weighted by atomic mass is 35.5. The van der Waals surface area contributed by atoms with E-state index in [0.717, 1.165) is 5.56 Å². The van der Waals surface area contributed by atoms with Crippen LogP contribution in [0.5, 0.6) is 11.5 Å². The number of aryl methyl sites for hydroxylation is 1. The number of ether oxygens (including phenoxy) is 2. The van der Waals surface area contributed by atoms with Crippen LogP contribution in [0.4, 0.5) is 5.69 Å². The van der Waals surface area contributed by atoms with Crippen molar-refractivity contribution in [3.63, 3.8) is 0 Å². The van der Waals surface area contributed by atoms with Gasteiger partial charge < -0.3 is 14.8 Å². The standard InChI is InChI=1S/C31H25Cl2N3O5/c1-3-40-28-15-20(9-14-27(28)41-31(39)21-10-7-19(2)8-11-21)18-34-36-29(37)22-5-4-6-24(16-22)35-30(38)25-13-12-23(32)17-26(25)33/h4-18H,3H2,1-2H3,(H,35,38)(H,36,37).